The molecule has 24 heavy (non-hydrogen) atoms. The van der Waals surface area contributed by atoms with Crippen molar-refractivity contribution >= 4 is 11.8 Å². The average Bonchev–Trinajstić information content (AvgIpc) is 2.77. The van der Waals surface area contributed by atoms with Crippen LogP contribution < -0.4 is 0 Å². The molecule has 0 aromatic heterocycles. The second-order valence-corrected chi connectivity index (χ2v) is 7.89. The van der Waals surface area contributed by atoms with E-state index in [4.69, 9.17) is 0 Å². The number of rotatable bonds is 1. The van der Waals surface area contributed by atoms with E-state index in [0.717, 1.165) is 29.8 Å². The van der Waals surface area contributed by atoms with E-state index in [-0.39, 0.29) is 11.8 Å². The zero-order valence-electron chi connectivity index (χ0n) is 14.8. The van der Waals surface area contributed by atoms with Crippen molar-refractivity contribution in [3.63, 3.8) is 0 Å². The normalized spacial score (nSPS) is 29.7. The van der Waals surface area contributed by atoms with Crippen LogP contribution in [0.1, 0.15) is 53.9 Å². The predicted octanol–water partition coefficient (Wildman–Crippen LogP) is 3.10. The van der Waals surface area contributed by atoms with Gasteiger partial charge in [-0.1, -0.05) is 30.5 Å². The number of nitrogens with zero attached hydrogens (tertiary/aromatic N) is 2. The van der Waals surface area contributed by atoms with Crippen LogP contribution in [0.5, 0.6) is 0 Å². The van der Waals surface area contributed by atoms with Crippen molar-refractivity contribution in [2.45, 2.75) is 52.4 Å². The Kier molecular flexibility index (Phi) is 3.66. The van der Waals surface area contributed by atoms with Gasteiger partial charge in [-0.15, -0.1) is 0 Å². The van der Waals surface area contributed by atoms with Crippen LogP contribution in [0.25, 0.3) is 0 Å². The minimum atomic E-state index is -0.634. The number of hydrogen-bond acceptors (Lipinski definition) is 2. The van der Waals surface area contributed by atoms with Gasteiger partial charge in [-0.2, -0.15) is 0 Å². The highest BCUT2D eigenvalue weighted by atomic mass is 16.2. The summed E-state index contributed by atoms with van der Waals surface area (Å²) in [4.78, 5) is 26.2. The number of carbonyl (C=O) groups excluding carboxylic acids is 2. The summed E-state index contributed by atoms with van der Waals surface area (Å²) in [5.74, 6) is 0.486. The van der Waals surface area contributed by atoms with Gasteiger partial charge in [0.25, 0.3) is 11.8 Å². The maximum atomic E-state index is 13.1. The van der Waals surface area contributed by atoms with Gasteiger partial charge in [0.05, 0.1) is 0 Å². The van der Waals surface area contributed by atoms with Crippen LogP contribution in [0, 0.1) is 32.6 Å². The Morgan fingerprint density at radius 2 is 1.29 bits per heavy atom. The highest BCUT2D eigenvalue weighted by molar-refractivity contribution is 6.10. The molecule has 3 atom stereocenters. The van der Waals surface area contributed by atoms with E-state index < -0.39 is 5.92 Å². The molecule has 1 unspecified atom stereocenters. The standard InChI is InChI=1S/C20H26N2O2/c1-12-8-13(2)17(14(3)9-12)18-19(23)21-10-15-6-4-5-7-16(15)11-22(21)20(18)24/h8-9,15-16,18H,4-7,10-11H2,1-3H3/t15-,16+,18?. The smallest absolute Gasteiger partial charge is 0.258 e. The minimum Gasteiger partial charge on any atom is -0.272 e. The fourth-order valence-electron chi connectivity index (χ4n) is 5.12. The van der Waals surface area contributed by atoms with E-state index in [1.165, 1.54) is 31.2 Å². The van der Waals surface area contributed by atoms with Gasteiger partial charge < -0.3 is 0 Å². The van der Waals surface area contributed by atoms with Gasteiger partial charge >= 0.3 is 0 Å². The molecule has 4 nitrogen and oxygen atoms in total. The highest BCUT2D eigenvalue weighted by Crippen LogP contribution is 2.41. The monoisotopic (exact) mass is 326 g/mol. The predicted molar refractivity (Wildman–Crippen MR) is 92.3 cm³/mol. The Labute approximate surface area is 143 Å². The van der Waals surface area contributed by atoms with Crippen molar-refractivity contribution in [1.82, 2.24) is 10.0 Å². The Hall–Kier alpha value is -1.84. The summed E-state index contributed by atoms with van der Waals surface area (Å²) in [5.41, 5.74) is 4.21. The number of aryl methyl sites for hydroxylation is 3. The lowest BCUT2D eigenvalue weighted by atomic mass is 9.78. The summed E-state index contributed by atoms with van der Waals surface area (Å²) >= 11 is 0. The first kappa shape index (κ1) is 15.7. The van der Waals surface area contributed by atoms with E-state index in [0.29, 0.717) is 11.8 Å². The molecule has 1 saturated carbocycles. The Bertz CT molecular complexity index is 657. The fraction of sp³-hybridized carbons (Fsp3) is 0.600. The molecule has 3 aliphatic rings. The molecule has 2 amide bonds. The summed E-state index contributed by atoms with van der Waals surface area (Å²) in [7, 11) is 0. The van der Waals surface area contributed by atoms with Crippen LogP contribution in [-0.2, 0) is 9.59 Å². The molecule has 0 radical (unpaired) electrons. The quantitative estimate of drug-likeness (QED) is 0.744. The molecule has 1 aliphatic carbocycles. The first-order chi connectivity index (χ1) is 11.5. The van der Waals surface area contributed by atoms with Gasteiger partial charge in [-0.05, 0) is 62.1 Å². The van der Waals surface area contributed by atoms with Crippen molar-refractivity contribution < 1.29 is 9.59 Å². The first-order valence-electron chi connectivity index (χ1n) is 9.17. The lowest BCUT2D eigenvalue weighted by molar-refractivity contribution is -0.158. The van der Waals surface area contributed by atoms with Crippen molar-refractivity contribution in [1.29, 1.82) is 0 Å². The van der Waals surface area contributed by atoms with Crippen LogP contribution >= 0.6 is 0 Å². The molecule has 0 bridgehead atoms. The Balaban J connectivity index is 1.70. The van der Waals surface area contributed by atoms with Crippen molar-refractivity contribution in [2.75, 3.05) is 13.1 Å². The molecule has 1 aromatic rings. The van der Waals surface area contributed by atoms with E-state index in [2.05, 4.69) is 19.1 Å². The second kappa shape index (κ2) is 5.61. The van der Waals surface area contributed by atoms with E-state index in [1.807, 2.05) is 13.8 Å². The van der Waals surface area contributed by atoms with Crippen LogP contribution in [0.2, 0.25) is 0 Å². The SMILES string of the molecule is Cc1cc(C)c(C2C(=O)N3C[C@H]4CCCC[C@H]4CN3C2=O)c(C)c1. The van der Waals surface area contributed by atoms with Crippen LogP contribution in [0.3, 0.4) is 0 Å². The molecule has 4 heteroatoms. The average molecular weight is 326 g/mol. The molecule has 4 rings (SSSR count). The van der Waals surface area contributed by atoms with Crippen LogP contribution in [-0.4, -0.2) is 34.9 Å². The second-order valence-electron chi connectivity index (χ2n) is 7.89. The first-order valence-corrected chi connectivity index (χ1v) is 9.17. The van der Waals surface area contributed by atoms with Gasteiger partial charge in [-0.3, -0.25) is 19.6 Å². The lowest BCUT2D eigenvalue weighted by Crippen LogP contribution is -2.53. The number of benzene rings is 1. The van der Waals surface area contributed by atoms with Crippen molar-refractivity contribution in [3.8, 4) is 0 Å². The maximum absolute atomic E-state index is 13.1. The van der Waals surface area contributed by atoms with Crippen LogP contribution in [0.15, 0.2) is 12.1 Å². The summed E-state index contributed by atoms with van der Waals surface area (Å²) in [5, 5.41) is 3.52. The zero-order chi connectivity index (χ0) is 17.0. The topological polar surface area (TPSA) is 40.6 Å². The summed E-state index contributed by atoms with van der Waals surface area (Å²) < 4.78 is 0. The van der Waals surface area contributed by atoms with Gasteiger partial charge in [0.15, 0.2) is 0 Å². The third-order valence-corrected chi connectivity index (χ3v) is 6.20. The maximum Gasteiger partial charge on any atom is 0.258 e. The third kappa shape index (κ3) is 2.27. The van der Waals surface area contributed by atoms with Crippen molar-refractivity contribution in [3.05, 3.63) is 34.4 Å². The molecule has 0 spiro atoms. The molecule has 3 fully saturated rings. The number of fused-ring (bicyclic) bond motifs is 2. The van der Waals surface area contributed by atoms with E-state index in [1.54, 1.807) is 10.0 Å². The lowest BCUT2D eigenvalue weighted by Gasteiger charge is -2.44. The Morgan fingerprint density at radius 1 is 0.833 bits per heavy atom. The number of hydrazine groups is 1. The largest absolute Gasteiger partial charge is 0.272 e. The molecule has 128 valence electrons. The third-order valence-electron chi connectivity index (χ3n) is 6.20. The van der Waals surface area contributed by atoms with Gasteiger partial charge in [0.1, 0.15) is 5.92 Å². The minimum absolute atomic E-state index is 0.0147. The molecule has 0 N–H and O–H groups in total. The molecule has 2 aliphatic heterocycles. The van der Waals surface area contributed by atoms with Gasteiger partial charge in [0.2, 0.25) is 0 Å². The van der Waals surface area contributed by atoms with E-state index in [9.17, 15) is 9.59 Å². The summed E-state index contributed by atoms with van der Waals surface area (Å²) in [6.07, 6.45) is 4.92. The fourth-order valence-corrected chi connectivity index (χ4v) is 5.12. The molecule has 1 aromatic carbocycles. The summed E-state index contributed by atoms with van der Waals surface area (Å²) in [6, 6.07) is 4.16. The molecular weight excluding hydrogens is 300 g/mol. The number of amides is 2. The Morgan fingerprint density at radius 3 is 1.75 bits per heavy atom. The van der Waals surface area contributed by atoms with Crippen LogP contribution in [0.4, 0.5) is 0 Å². The van der Waals surface area contributed by atoms with Crippen molar-refractivity contribution in [2.24, 2.45) is 11.8 Å². The van der Waals surface area contributed by atoms with Gasteiger partial charge in [0, 0.05) is 13.1 Å². The summed E-state index contributed by atoms with van der Waals surface area (Å²) in [6.45, 7) is 7.55. The molecule has 2 saturated heterocycles. The van der Waals surface area contributed by atoms with Gasteiger partial charge in [-0.25, -0.2) is 0 Å². The highest BCUT2D eigenvalue weighted by Gasteiger charge is 2.51. The molecular formula is C20H26N2O2. The zero-order valence-corrected chi connectivity index (χ0v) is 14.8. The molecule has 2 heterocycles. The number of carbonyl (C=O) groups is 2. The number of hydrogen-bond donors (Lipinski definition) is 0. The van der Waals surface area contributed by atoms with E-state index >= 15 is 0 Å².